The van der Waals surface area contributed by atoms with Gasteiger partial charge in [0.1, 0.15) is 18.1 Å². The molecule has 0 aromatic heterocycles. The van der Waals surface area contributed by atoms with Gasteiger partial charge in [0.25, 0.3) is 0 Å². The van der Waals surface area contributed by atoms with E-state index >= 15 is 0 Å². The molecule has 32 heavy (non-hydrogen) atoms. The van der Waals surface area contributed by atoms with Crippen molar-refractivity contribution in [2.24, 2.45) is 17.2 Å². The van der Waals surface area contributed by atoms with Gasteiger partial charge in [-0.25, -0.2) is 4.79 Å². The number of likely N-dealkylation sites (tertiary alicyclic amines) is 1. The second-order valence-corrected chi connectivity index (χ2v) is 8.09. The first kappa shape index (κ1) is 27.7. The van der Waals surface area contributed by atoms with Crippen molar-refractivity contribution in [1.82, 2.24) is 15.5 Å². The Morgan fingerprint density at radius 2 is 1.78 bits per heavy atom. The molecule has 1 aliphatic heterocycles. The van der Waals surface area contributed by atoms with E-state index in [4.69, 9.17) is 17.2 Å². The molecule has 1 aliphatic rings. The summed E-state index contributed by atoms with van der Waals surface area (Å²) in [5.74, 6) is -3.48. The number of carbonyl (C=O) groups excluding carboxylic acids is 4. The predicted octanol–water partition coefficient (Wildman–Crippen LogP) is -2.32. The predicted molar refractivity (Wildman–Crippen MR) is 119 cm³/mol. The molecule has 0 saturated carbocycles. The zero-order valence-corrected chi connectivity index (χ0v) is 18.9. The van der Waals surface area contributed by atoms with Gasteiger partial charge in [0.05, 0.1) is 6.04 Å². The molecule has 0 spiro atoms. The van der Waals surface area contributed by atoms with Gasteiger partial charge in [0.2, 0.25) is 23.6 Å². The van der Waals surface area contributed by atoms with Crippen LogP contribution in [0, 0.1) is 0 Å². The minimum atomic E-state index is -1.33. The Hall–Kier alpha value is -2.38. The van der Waals surface area contributed by atoms with Gasteiger partial charge in [-0.05, 0) is 45.1 Å². The number of nitrogens with one attached hydrogen (secondary N) is 2. The second kappa shape index (κ2) is 13.9. The van der Waals surface area contributed by atoms with Crippen molar-refractivity contribution in [3.8, 4) is 0 Å². The van der Waals surface area contributed by atoms with Crippen LogP contribution < -0.4 is 27.8 Å². The third-order valence-electron chi connectivity index (χ3n) is 5.23. The fourth-order valence-electron chi connectivity index (χ4n) is 3.44. The molecule has 1 rings (SSSR count). The van der Waals surface area contributed by atoms with E-state index in [1.54, 1.807) is 0 Å². The standard InChI is InChI=1S/C19H34N6O6S/c20-8-2-1-4-12(16(27)24-13(19(30)31)6-7-15(22)26)23-17(28)14-5-3-9-25(14)18(29)11(21)10-32/h11-14,32H,1-10,20-21H2,(H2,22,26)(H,23,28)(H,24,27)(H,30,31). The fourth-order valence-corrected chi connectivity index (χ4v) is 3.60. The highest BCUT2D eigenvalue weighted by molar-refractivity contribution is 7.80. The molecule has 9 N–H and O–H groups in total. The fraction of sp³-hybridized carbons (Fsp3) is 0.737. The van der Waals surface area contributed by atoms with Crippen LogP contribution in [0.5, 0.6) is 0 Å². The lowest BCUT2D eigenvalue weighted by molar-refractivity contribution is -0.143. The molecule has 1 heterocycles. The maximum Gasteiger partial charge on any atom is 0.326 e. The quantitative estimate of drug-likeness (QED) is 0.107. The number of thiol groups is 1. The number of hydrogen-bond acceptors (Lipinski definition) is 8. The van der Waals surface area contributed by atoms with Crippen LogP contribution in [0.4, 0.5) is 0 Å². The van der Waals surface area contributed by atoms with Crippen molar-refractivity contribution in [2.45, 2.75) is 69.1 Å². The summed E-state index contributed by atoms with van der Waals surface area (Å²) < 4.78 is 0. The maximum absolute atomic E-state index is 12.9. The Kier molecular flexibility index (Phi) is 12.0. The number of nitrogens with two attached hydrogens (primary N) is 3. The van der Waals surface area contributed by atoms with E-state index in [0.29, 0.717) is 38.8 Å². The van der Waals surface area contributed by atoms with Crippen LogP contribution in [0.1, 0.15) is 44.9 Å². The lowest BCUT2D eigenvalue weighted by atomic mass is 10.1. The summed E-state index contributed by atoms with van der Waals surface area (Å²) >= 11 is 4.02. The molecule has 4 amide bonds. The van der Waals surface area contributed by atoms with E-state index in [2.05, 4.69) is 23.3 Å². The summed E-state index contributed by atoms with van der Waals surface area (Å²) in [6.45, 7) is 0.766. The minimum Gasteiger partial charge on any atom is -0.480 e. The number of aliphatic carboxylic acids is 1. The SMILES string of the molecule is NCCCCC(NC(=O)C1CCCN1C(=O)C(N)CS)C(=O)NC(CCC(N)=O)C(=O)O. The zero-order chi connectivity index (χ0) is 24.3. The third kappa shape index (κ3) is 8.63. The van der Waals surface area contributed by atoms with Crippen LogP contribution in [0.2, 0.25) is 0 Å². The van der Waals surface area contributed by atoms with Gasteiger partial charge in [-0.2, -0.15) is 12.6 Å². The Bertz CT molecular complexity index is 693. The van der Waals surface area contributed by atoms with E-state index in [-0.39, 0.29) is 30.9 Å². The molecular weight excluding hydrogens is 440 g/mol. The average molecular weight is 475 g/mol. The van der Waals surface area contributed by atoms with E-state index in [0.717, 1.165) is 0 Å². The first-order chi connectivity index (χ1) is 15.1. The maximum atomic E-state index is 12.9. The lowest BCUT2D eigenvalue weighted by Gasteiger charge is -2.28. The molecule has 1 fully saturated rings. The lowest BCUT2D eigenvalue weighted by Crippen LogP contribution is -2.56. The number of amides is 4. The summed E-state index contributed by atoms with van der Waals surface area (Å²) in [5, 5.41) is 14.3. The van der Waals surface area contributed by atoms with E-state index in [1.165, 1.54) is 4.90 Å². The summed E-state index contributed by atoms with van der Waals surface area (Å²) in [7, 11) is 0. The van der Waals surface area contributed by atoms with Crippen molar-refractivity contribution in [2.75, 3.05) is 18.8 Å². The van der Waals surface area contributed by atoms with Gasteiger partial charge < -0.3 is 37.8 Å². The molecule has 182 valence electrons. The van der Waals surface area contributed by atoms with Crippen LogP contribution in [0.15, 0.2) is 0 Å². The molecule has 0 aliphatic carbocycles. The number of carboxylic acids is 1. The van der Waals surface area contributed by atoms with E-state index in [1.807, 2.05) is 0 Å². The highest BCUT2D eigenvalue weighted by Gasteiger charge is 2.37. The molecule has 4 unspecified atom stereocenters. The van der Waals surface area contributed by atoms with Crippen molar-refractivity contribution in [3.63, 3.8) is 0 Å². The first-order valence-electron chi connectivity index (χ1n) is 10.6. The molecule has 0 radical (unpaired) electrons. The van der Waals surface area contributed by atoms with E-state index in [9.17, 15) is 29.1 Å². The summed E-state index contributed by atoms with van der Waals surface area (Å²) in [6.07, 6.45) is 2.00. The number of rotatable bonds is 14. The summed E-state index contributed by atoms with van der Waals surface area (Å²) in [5.41, 5.74) is 16.3. The third-order valence-corrected chi connectivity index (χ3v) is 5.62. The van der Waals surface area contributed by atoms with Crippen LogP contribution in [-0.2, 0) is 24.0 Å². The number of unbranched alkanes of at least 4 members (excludes halogenated alkanes) is 1. The van der Waals surface area contributed by atoms with Crippen LogP contribution in [0.25, 0.3) is 0 Å². The smallest absolute Gasteiger partial charge is 0.326 e. The van der Waals surface area contributed by atoms with Crippen molar-refractivity contribution >= 4 is 42.2 Å². The second-order valence-electron chi connectivity index (χ2n) is 7.73. The molecule has 0 aromatic rings. The molecule has 0 aromatic carbocycles. The zero-order valence-electron chi connectivity index (χ0n) is 18.0. The van der Waals surface area contributed by atoms with Crippen LogP contribution in [-0.4, -0.2) is 82.6 Å². The summed E-state index contributed by atoms with van der Waals surface area (Å²) in [4.78, 5) is 61.9. The van der Waals surface area contributed by atoms with Gasteiger partial charge >= 0.3 is 5.97 Å². The van der Waals surface area contributed by atoms with Crippen LogP contribution in [0.3, 0.4) is 0 Å². The van der Waals surface area contributed by atoms with Gasteiger partial charge in [-0.15, -0.1) is 0 Å². The Morgan fingerprint density at radius 3 is 2.34 bits per heavy atom. The molecule has 12 nitrogen and oxygen atoms in total. The normalized spacial score (nSPS) is 18.5. The number of hydrogen-bond donors (Lipinski definition) is 7. The Balaban J connectivity index is 2.89. The average Bonchev–Trinajstić information content (AvgIpc) is 3.24. The number of primary amides is 1. The van der Waals surface area contributed by atoms with Crippen molar-refractivity contribution in [3.05, 3.63) is 0 Å². The molecule has 4 atom stereocenters. The van der Waals surface area contributed by atoms with Gasteiger partial charge in [0.15, 0.2) is 0 Å². The highest BCUT2D eigenvalue weighted by Crippen LogP contribution is 2.19. The van der Waals surface area contributed by atoms with Gasteiger partial charge in [0, 0.05) is 18.7 Å². The van der Waals surface area contributed by atoms with E-state index < -0.39 is 47.9 Å². The largest absolute Gasteiger partial charge is 0.480 e. The monoisotopic (exact) mass is 474 g/mol. The molecule has 0 bridgehead atoms. The number of carbonyl (C=O) groups is 5. The molecule has 13 heteroatoms. The minimum absolute atomic E-state index is 0.135. The molecular formula is C19H34N6O6S. The van der Waals surface area contributed by atoms with Gasteiger partial charge in [-0.1, -0.05) is 0 Å². The summed E-state index contributed by atoms with van der Waals surface area (Å²) in [6, 6.07) is -3.97. The number of nitrogens with zero attached hydrogens (tertiary/aromatic N) is 1. The molecule has 1 saturated heterocycles. The number of carboxylic acid groups (broad SMARTS) is 1. The first-order valence-corrected chi connectivity index (χ1v) is 11.2. The van der Waals surface area contributed by atoms with Crippen molar-refractivity contribution < 1.29 is 29.1 Å². The van der Waals surface area contributed by atoms with Crippen LogP contribution >= 0.6 is 12.6 Å². The Morgan fingerprint density at radius 1 is 1.09 bits per heavy atom. The highest BCUT2D eigenvalue weighted by atomic mass is 32.1. The van der Waals surface area contributed by atoms with Crippen molar-refractivity contribution in [1.29, 1.82) is 0 Å². The van der Waals surface area contributed by atoms with Gasteiger partial charge in [-0.3, -0.25) is 19.2 Å². The Labute approximate surface area is 192 Å². The topological polar surface area (TPSA) is 211 Å².